The minimum Gasteiger partial charge on any atom is -0.478 e. The van der Waals surface area contributed by atoms with Crippen LogP contribution in [-0.2, 0) is 6.42 Å². The number of rotatable bonds is 3. The Hall–Kier alpha value is -1.91. The van der Waals surface area contributed by atoms with Gasteiger partial charge >= 0.3 is 5.97 Å². The van der Waals surface area contributed by atoms with E-state index in [0.717, 1.165) is 23.8 Å². The van der Waals surface area contributed by atoms with Crippen molar-refractivity contribution >= 4 is 17.0 Å². The molecule has 0 aromatic carbocycles. The number of carbonyl (C=O) groups is 1. The van der Waals surface area contributed by atoms with Gasteiger partial charge in [-0.3, -0.25) is 5.10 Å². The zero-order valence-corrected chi connectivity index (χ0v) is 8.32. The van der Waals surface area contributed by atoms with Gasteiger partial charge in [0.1, 0.15) is 0 Å². The summed E-state index contributed by atoms with van der Waals surface area (Å²) < 4.78 is 0. The molecule has 0 spiro atoms. The summed E-state index contributed by atoms with van der Waals surface area (Å²) in [5.74, 6) is -0.936. The summed E-state index contributed by atoms with van der Waals surface area (Å²) in [5.41, 5.74) is 1.72. The molecular weight excluding hydrogens is 194 g/mol. The highest BCUT2D eigenvalue weighted by atomic mass is 16.4. The van der Waals surface area contributed by atoms with Crippen molar-refractivity contribution in [2.45, 2.75) is 19.8 Å². The summed E-state index contributed by atoms with van der Waals surface area (Å²) >= 11 is 0. The highest BCUT2D eigenvalue weighted by Gasteiger charge is 2.14. The fraction of sp³-hybridized carbons (Fsp3) is 0.300. The Morgan fingerprint density at radius 1 is 1.53 bits per heavy atom. The summed E-state index contributed by atoms with van der Waals surface area (Å²) in [6.07, 6.45) is 4.62. The normalized spacial score (nSPS) is 10.7. The van der Waals surface area contributed by atoms with E-state index in [4.69, 9.17) is 5.11 Å². The maximum absolute atomic E-state index is 11.0. The first-order valence-corrected chi connectivity index (χ1v) is 4.78. The van der Waals surface area contributed by atoms with Crippen LogP contribution in [0.5, 0.6) is 0 Å². The molecule has 5 nitrogen and oxygen atoms in total. The van der Waals surface area contributed by atoms with Crippen LogP contribution in [0.15, 0.2) is 12.4 Å². The van der Waals surface area contributed by atoms with Gasteiger partial charge in [-0.1, -0.05) is 13.3 Å². The number of nitrogens with one attached hydrogen (secondary N) is 1. The third kappa shape index (κ3) is 1.56. The fourth-order valence-electron chi connectivity index (χ4n) is 1.65. The predicted octanol–water partition coefficient (Wildman–Crippen LogP) is 1.61. The third-order valence-corrected chi connectivity index (χ3v) is 2.32. The number of aromatic nitrogens is 3. The topological polar surface area (TPSA) is 78.9 Å². The molecule has 0 aliphatic carbocycles. The molecule has 0 atom stereocenters. The molecule has 2 N–H and O–H groups in total. The van der Waals surface area contributed by atoms with E-state index in [1.807, 2.05) is 6.92 Å². The lowest BCUT2D eigenvalue weighted by Gasteiger charge is -2.04. The van der Waals surface area contributed by atoms with Crippen molar-refractivity contribution in [3.8, 4) is 0 Å². The van der Waals surface area contributed by atoms with Gasteiger partial charge in [0.15, 0.2) is 5.65 Å². The number of pyridine rings is 1. The summed E-state index contributed by atoms with van der Waals surface area (Å²) in [7, 11) is 0. The van der Waals surface area contributed by atoms with Crippen LogP contribution in [0.25, 0.3) is 11.0 Å². The molecule has 0 unspecified atom stereocenters. The van der Waals surface area contributed by atoms with E-state index in [9.17, 15) is 4.79 Å². The molecule has 2 aromatic heterocycles. The summed E-state index contributed by atoms with van der Waals surface area (Å²) in [4.78, 5) is 15.0. The molecule has 0 saturated heterocycles. The molecule has 0 radical (unpaired) electrons. The highest BCUT2D eigenvalue weighted by molar-refractivity contribution is 5.94. The molecule has 2 aromatic rings. The quantitative estimate of drug-likeness (QED) is 0.797. The highest BCUT2D eigenvalue weighted by Crippen LogP contribution is 2.20. The first kappa shape index (κ1) is 9.64. The molecule has 78 valence electrons. The second-order valence-corrected chi connectivity index (χ2v) is 3.34. The maximum atomic E-state index is 11.0. The van der Waals surface area contributed by atoms with Gasteiger partial charge in [0.05, 0.1) is 11.8 Å². The zero-order valence-electron chi connectivity index (χ0n) is 8.32. The minimum atomic E-state index is -0.936. The van der Waals surface area contributed by atoms with E-state index in [0.29, 0.717) is 5.65 Å². The number of H-pyrrole nitrogens is 1. The van der Waals surface area contributed by atoms with Crippen LogP contribution in [0.4, 0.5) is 0 Å². The largest absolute Gasteiger partial charge is 0.478 e. The van der Waals surface area contributed by atoms with E-state index in [1.54, 1.807) is 6.20 Å². The number of aromatic amines is 1. The monoisotopic (exact) mass is 205 g/mol. The van der Waals surface area contributed by atoms with Crippen LogP contribution in [0.1, 0.15) is 29.3 Å². The van der Waals surface area contributed by atoms with Gasteiger partial charge in [0.2, 0.25) is 0 Å². The van der Waals surface area contributed by atoms with Crippen LogP contribution >= 0.6 is 0 Å². The van der Waals surface area contributed by atoms with Crippen molar-refractivity contribution < 1.29 is 9.90 Å². The molecule has 0 bridgehead atoms. The molecular formula is C10H11N3O2. The molecule has 0 aliphatic heterocycles. The van der Waals surface area contributed by atoms with Crippen LogP contribution in [-0.4, -0.2) is 26.3 Å². The number of aromatic carboxylic acids is 1. The first-order chi connectivity index (χ1) is 7.24. The Balaban J connectivity index is 2.69. The Morgan fingerprint density at radius 3 is 3.00 bits per heavy atom. The van der Waals surface area contributed by atoms with Gasteiger partial charge in [-0.05, 0) is 12.0 Å². The lowest BCUT2D eigenvalue weighted by Crippen LogP contribution is -2.03. The van der Waals surface area contributed by atoms with Crippen molar-refractivity contribution in [2.24, 2.45) is 0 Å². The van der Waals surface area contributed by atoms with E-state index in [-0.39, 0.29) is 5.56 Å². The molecule has 2 rings (SSSR count). The lowest BCUT2D eigenvalue weighted by atomic mass is 10.0. The number of hydrogen-bond acceptors (Lipinski definition) is 3. The van der Waals surface area contributed by atoms with Crippen molar-refractivity contribution in [2.75, 3.05) is 0 Å². The average molecular weight is 205 g/mol. The molecule has 15 heavy (non-hydrogen) atoms. The van der Waals surface area contributed by atoms with Crippen LogP contribution in [0.2, 0.25) is 0 Å². The standard InChI is InChI=1S/C10H11N3O2/c1-2-3-6-7-5-12-13-9(7)11-4-8(6)10(14)15/h4-5H,2-3H2,1H3,(H,14,15)(H,11,12,13). The van der Waals surface area contributed by atoms with Crippen LogP contribution < -0.4 is 0 Å². The Bertz CT molecular complexity index is 504. The Labute approximate surface area is 86.1 Å². The van der Waals surface area contributed by atoms with Gasteiger partial charge in [-0.15, -0.1) is 0 Å². The number of nitrogens with zero attached hydrogens (tertiary/aromatic N) is 2. The number of aryl methyl sites for hydroxylation is 1. The van der Waals surface area contributed by atoms with Gasteiger partial charge < -0.3 is 5.11 Å². The van der Waals surface area contributed by atoms with Crippen LogP contribution in [0.3, 0.4) is 0 Å². The SMILES string of the molecule is CCCc1c(C(=O)O)cnc2[nH]ncc12. The van der Waals surface area contributed by atoms with Gasteiger partial charge in [-0.25, -0.2) is 9.78 Å². The summed E-state index contributed by atoms with van der Waals surface area (Å²) in [6, 6.07) is 0. The number of carboxylic acids is 1. The van der Waals surface area contributed by atoms with E-state index < -0.39 is 5.97 Å². The maximum Gasteiger partial charge on any atom is 0.337 e. The Kier molecular flexibility index (Phi) is 2.37. The van der Waals surface area contributed by atoms with Crippen molar-refractivity contribution in [1.82, 2.24) is 15.2 Å². The Morgan fingerprint density at radius 2 is 2.33 bits per heavy atom. The zero-order chi connectivity index (χ0) is 10.8. The van der Waals surface area contributed by atoms with Crippen molar-refractivity contribution in [1.29, 1.82) is 0 Å². The summed E-state index contributed by atoms with van der Waals surface area (Å²) in [6.45, 7) is 2.01. The van der Waals surface area contributed by atoms with Crippen LogP contribution in [0, 0.1) is 0 Å². The summed E-state index contributed by atoms with van der Waals surface area (Å²) in [5, 5.41) is 16.4. The number of hydrogen-bond donors (Lipinski definition) is 2. The lowest BCUT2D eigenvalue weighted by molar-refractivity contribution is 0.0695. The second-order valence-electron chi connectivity index (χ2n) is 3.34. The first-order valence-electron chi connectivity index (χ1n) is 4.78. The van der Waals surface area contributed by atoms with Gasteiger partial charge in [0.25, 0.3) is 0 Å². The third-order valence-electron chi connectivity index (χ3n) is 2.32. The molecule has 0 aliphatic rings. The molecule has 0 amide bonds. The van der Waals surface area contributed by atoms with E-state index in [1.165, 1.54) is 6.20 Å². The van der Waals surface area contributed by atoms with Crippen molar-refractivity contribution in [3.63, 3.8) is 0 Å². The fourth-order valence-corrected chi connectivity index (χ4v) is 1.65. The molecule has 5 heteroatoms. The molecule has 0 saturated carbocycles. The van der Waals surface area contributed by atoms with E-state index in [2.05, 4.69) is 15.2 Å². The molecule has 2 heterocycles. The predicted molar refractivity (Wildman–Crippen MR) is 54.8 cm³/mol. The van der Waals surface area contributed by atoms with Crippen molar-refractivity contribution in [3.05, 3.63) is 23.5 Å². The van der Waals surface area contributed by atoms with E-state index >= 15 is 0 Å². The van der Waals surface area contributed by atoms with Gasteiger partial charge in [-0.2, -0.15) is 5.10 Å². The molecule has 0 fully saturated rings. The minimum absolute atomic E-state index is 0.269. The average Bonchev–Trinajstić information content (AvgIpc) is 2.66. The smallest absolute Gasteiger partial charge is 0.337 e. The number of carboxylic acid groups (broad SMARTS) is 1. The van der Waals surface area contributed by atoms with Gasteiger partial charge in [0, 0.05) is 11.6 Å². The second kappa shape index (κ2) is 3.68. The number of fused-ring (bicyclic) bond motifs is 1.